The first-order valence-corrected chi connectivity index (χ1v) is 8.27. The lowest BCUT2D eigenvalue weighted by Gasteiger charge is -2.13. The molecule has 0 aliphatic carbocycles. The first-order chi connectivity index (χ1) is 9.99. The van der Waals surface area contributed by atoms with Crippen LogP contribution in [0.15, 0.2) is 43.7 Å². The van der Waals surface area contributed by atoms with E-state index in [1.165, 1.54) is 7.11 Å². The summed E-state index contributed by atoms with van der Waals surface area (Å²) >= 11 is 10.2. The van der Waals surface area contributed by atoms with Gasteiger partial charge in [0.2, 0.25) is 0 Å². The molecule has 0 amide bonds. The third-order valence-electron chi connectivity index (χ3n) is 2.91. The molecule has 0 aliphatic heterocycles. The molecule has 110 valence electrons. The van der Waals surface area contributed by atoms with Gasteiger partial charge in [-0.3, -0.25) is 4.79 Å². The first-order valence-electron chi connectivity index (χ1n) is 5.89. The van der Waals surface area contributed by atoms with E-state index in [4.69, 9.17) is 9.47 Å². The van der Waals surface area contributed by atoms with Crippen molar-refractivity contribution in [2.75, 3.05) is 14.2 Å². The van der Waals surface area contributed by atoms with Gasteiger partial charge in [-0.05, 0) is 62.2 Å². The van der Waals surface area contributed by atoms with Gasteiger partial charge in [0.25, 0.3) is 0 Å². The van der Waals surface area contributed by atoms with Crippen LogP contribution in [0, 0.1) is 0 Å². The topological polar surface area (TPSA) is 35.5 Å². The number of benzene rings is 2. The second-order valence-electron chi connectivity index (χ2n) is 4.12. The molecule has 0 atom stereocenters. The number of hydrogen-bond acceptors (Lipinski definition) is 3. The highest BCUT2D eigenvalue weighted by Crippen LogP contribution is 2.38. The van der Waals surface area contributed by atoms with Crippen molar-refractivity contribution in [2.45, 2.75) is 0 Å². The Kier molecular flexibility index (Phi) is 5.46. The van der Waals surface area contributed by atoms with Gasteiger partial charge < -0.3 is 9.47 Å². The highest BCUT2D eigenvalue weighted by atomic mass is 79.9. The molecule has 0 aromatic heterocycles. The van der Waals surface area contributed by atoms with E-state index in [0.29, 0.717) is 27.1 Å². The van der Waals surface area contributed by atoms with Crippen molar-refractivity contribution >= 4 is 53.6 Å². The molecule has 6 heteroatoms. The van der Waals surface area contributed by atoms with Gasteiger partial charge in [-0.15, -0.1) is 0 Å². The van der Waals surface area contributed by atoms with Crippen LogP contribution in [0.1, 0.15) is 15.9 Å². The molecule has 0 radical (unpaired) electrons. The number of carbonyl (C=O) groups excluding carboxylic acids is 1. The second-order valence-corrected chi connectivity index (χ2v) is 6.68. The molecule has 2 aromatic carbocycles. The highest BCUT2D eigenvalue weighted by molar-refractivity contribution is 9.11. The van der Waals surface area contributed by atoms with Crippen LogP contribution < -0.4 is 9.47 Å². The Morgan fingerprint density at radius 2 is 1.62 bits per heavy atom. The lowest BCUT2D eigenvalue weighted by Crippen LogP contribution is -2.06. The fourth-order valence-corrected chi connectivity index (χ4v) is 3.79. The average Bonchev–Trinajstić information content (AvgIpc) is 2.46. The summed E-state index contributed by atoms with van der Waals surface area (Å²) in [4.78, 5) is 12.7. The summed E-state index contributed by atoms with van der Waals surface area (Å²) in [6, 6.07) is 8.83. The zero-order valence-electron chi connectivity index (χ0n) is 11.2. The van der Waals surface area contributed by atoms with Gasteiger partial charge >= 0.3 is 0 Å². The van der Waals surface area contributed by atoms with Crippen LogP contribution in [-0.2, 0) is 0 Å². The van der Waals surface area contributed by atoms with Gasteiger partial charge in [0, 0.05) is 14.5 Å². The van der Waals surface area contributed by atoms with Crippen molar-refractivity contribution in [1.82, 2.24) is 0 Å². The van der Waals surface area contributed by atoms with Gasteiger partial charge in [-0.1, -0.05) is 15.9 Å². The molecule has 0 fully saturated rings. The van der Waals surface area contributed by atoms with E-state index >= 15 is 0 Å². The first kappa shape index (κ1) is 16.5. The van der Waals surface area contributed by atoms with E-state index in [0.717, 1.165) is 8.95 Å². The highest BCUT2D eigenvalue weighted by Gasteiger charge is 2.21. The molecule has 3 nitrogen and oxygen atoms in total. The number of halogens is 3. The SMILES string of the molecule is COc1ccc(C(=O)c2ccc(Br)cc2Br)c(OC)c1Br. The van der Waals surface area contributed by atoms with Crippen molar-refractivity contribution in [3.8, 4) is 11.5 Å². The van der Waals surface area contributed by atoms with Crippen LogP contribution in [0.25, 0.3) is 0 Å². The Balaban J connectivity index is 2.55. The largest absolute Gasteiger partial charge is 0.495 e. The molecule has 0 saturated carbocycles. The third kappa shape index (κ3) is 3.33. The fraction of sp³-hybridized carbons (Fsp3) is 0.133. The molecular weight excluding hydrogens is 468 g/mol. The van der Waals surface area contributed by atoms with Crippen LogP contribution in [0.5, 0.6) is 11.5 Å². The van der Waals surface area contributed by atoms with E-state index in [9.17, 15) is 4.79 Å². The standard InChI is InChI=1S/C15H11Br3O3/c1-20-12-6-5-10(15(21-2)13(12)18)14(19)9-4-3-8(16)7-11(9)17/h3-7H,1-2H3. The van der Waals surface area contributed by atoms with Gasteiger partial charge in [0.15, 0.2) is 5.78 Å². The van der Waals surface area contributed by atoms with Crippen molar-refractivity contribution in [1.29, 1.82) is 0 Å². The van der Waals surface area contributed by atoms with Gasteiger partial charge in [-0.25, -0.2) is 0 Å². The summed E-state index contributed by atoms with van der Waals surface area (Å²) in [6.45, 7) is 0. The monoisotopic (exact) mass is 476 g/mol. The number of ketones is 1. The summed E-state index contributed by atoms with van der Waals surface area (Å²) in [7, 11) is 3.08. The van der Waals surface area contributed by atoms with E-state index in [2.05, 4.69) is 47.8 Å². The lowest BCUT2D eigenvalue weighted by atomic mass is 10.0. The van der Waals surface area contributed by atoms with Crippen LogP contribution >= 0.6 is 47.8 Å². The Morgan fingerprint density at radius 1 is 0.952 bits per heavy atom. The third-order valence-corrected chi connectivity index (χ3v) is 4.81. The average molecular weight is 479 g/mol. The van der Waals surface area contributed by atoms with Crippen LogP contribution in [-0.4, -0.2) is 20.0 Å². The van der Waals surface area contributed by atoms with Crippen LogP contribution in [0.4, 0.5) is 0 Å². The lowest BCUT2D eigenvalue weighted by molar-refractivity contribution is 0.103. The molecule has 0 bridgehead atoms. The molecule has 0 N–H and O–H groups in total. The van der Waals surface area contributed by atoms with E-state index in [1.807, 2.05) is 12.1 Å². The van der Waals surface area contributed by atoms with Crippen LogP contribution in [0.3, 0.4) is 0 Å². The number of ether oxygens (including phenoxy) is 2. The molecule has 0 unspecified atom stereocenters. The predicted molar refractivity (Wildman–Crippen MR) is 92.5 cm³/mol. The maximum Gasteiger partial charge on any atom is 0.197 e. The number of carbonyl (C=O) groups is 1. The summed E-state index contributed by atoms with van der Waals surface area (Å²) in [6.07, 6.45) is 0. The zero-order valence-corrected chi connectivity index (χ0v) is 16.0. The number of hydrogen-bond donors (Lipinski definition) is 0. The second kappa shape index (κ2) is 6.94. The quantitative estimate of drug-likeness (QED) is 0.565. The zero-order chi connectivity index (χ0) is 15.6. The van der Waals surface area contributed by atoms with E-state index in [1.54, 1.807) is 25.3 Å². The van der Waals surface area contributed by atoms with Gasteiger partial charge in [0.1, 0.15) is 16.0 Å². The Hall–Kier alpha value is -0.850. The minimum absolute atomic E-state index is 0.130. The summed E-state index contributed by atoms with van der Waals surface area (Å²) < 4.78 is 12.8. The molecule has 0 saturated heterocycles. The maximum absolute atomic E-state index is 12.7. The van der Waals surface area contributed by atoms with Crippen molar-refractivity contribution < 1.29 is 14.3 Å². The predicted octanol–water partition coefficient (Wildman–Crippen LogP) is 5.22. The Morgan fingerprint density at radius 3 is 2.19 bits per heavy atom. The number of methoxy groups -OCH3 is 2. The van der Waals surface area contributed by atoms with Crippen LogP contribution in [0.2, 0.25) is 0 Å². The van der Waals surface area contributed by atoms with Gasteiger partial charge in [0.05, 0.1) is 19.8 Å². The Labute approximate surface area is 148 Å². The summed E-state index contributed by atoms with van der Waals surface area (Å²) in [5.74, 6) is 0.932. The van der Waals surface area contributed by atoms with Crippen molar-refractivity contribution in [2.24, 2.45) is 0 Å². The maximum atomic E-state index is 12.7. The minimum Gasteiger partial charge on any atom is -0.495 e. The van der Waals surface area contributed by atoms with E-state index < -0.39 is 0 Å². The molecule has 0 aliphatic rings. The fourth-order valence-electron chi connectivity index (χ4n) is 1.89. The Bertz CT molecular complexity index is 699. The van der Waals surface area contributed by atoms with Crippen molar-refractivity contribution in [3.63, 3.8) is 0 Å². The minimum atomic E-state index is -0.130. The molecule has 21 heavy (non-hydrogen) atoms. The normalized spacial score (nSPS) is 10.3. The van der Waals surface area contributed by atoms with Gasteiger partial charge in [-0.2, -0.15) is 0 Å². The molecular formula is C15H11Br3O3. The van der Waals surface area contributed by atoms with Crippen molar-refractivity contribution in [3.05, 3.63) is 54.9 Å². The molecule has 0 spiro atoms. The molecule has 2 rings (SSSR count). The smallest absolute Gasteiger partial charge is 0.197 e. The van der Waals surface area contributed by atoms with E-state index in [-0.39, 0.29) is 5.78 Å². The molecule has 2 aromatic rings. The summed E-state index contributed by atoms with van der Waals surface area (Å²) in [5, 5.41) is 0. The summed E-state index contributed by atoms with van der Waals surface area (Å²) in [5.41, 5.74) is 1.03. The molecule has 0 heterocycles. The number of rotatable bonds is 4.